The van der Waals surface area contributed by atoms with Crippen molar-refractivity contribution in [3.05, 3.63) is 107 Å². The summed E-state index contributed by atoms with van der Waals surface area (Å²) >= 11 is 0. The molecule has 8 heteroatoms. The van der Waals surface area contributed by atoms with Crippen molar-refractivity contribution in [2.75, 3.05) is 7.05 Å². The van der Waals surface area contributed by atoms with Gasteiger partial charge in [0.25, 0.3) is 5.91 Å². The van der Waals surface area contributed by atoms with Crippen LogP contribution in [0.4, 0.5) is 0 Å². The number of aromatic nitrogens is 3. The number of hydrogen-bond donors (Lipinski definition) is 2. The van der Waals surface area contributed by atoms with Gasteiger partial charge in [0, 0.05) is 7.05 Å². The number of benzene rings is 3. The van der Waals surface area contributed by atoms with Gasteiger partial charge in [0.2, 0.25) is 5.91 Å². The highest BCUT2D eigenvalue weighted by Crippen LogP contribution is 2.49. The van der Waals surface area contributed by atoms with Crippen LogP contribution >= 0.6 is 0 Å². The van der Waals surface area contributed by atoms with Gasteiger partial charge in [0.1, 0.15) is 11.4 Å². The van der Waals surface area contributed by atoms with E-state index in [2.05, 4.69) is 27.0 Å². The lowest BCUT2D eigenvalue weighted by atomic mass is 9.91. The zero-order valence-electron chi connectivity index (χ0n) is 21.1. The van der Waals surface area contributed by atoms with Crippen molar-refractivity contribution in [3.63, 3.8) is 0 Å². The van der Waals surface area contributed by atoms with E-state index in [1.54, 1.807) is 23.0 Å². The largest absolute Gasteiger partial charge is 0.354 e. The normalized spacial score (nSPS) is 13.9. The highest BCUT2D eigenvalue weighted by Gasteiger charge is 2.52. The first kappa shape index (κ1) is 24.7. The molecule has 0 bridgehead atoms. The van der Waals surface area contributed by atoms with Crippen LogP contribution in [0.15, 0.2) is 84.7 Å². The molecule has 188 valence electrons. The van der Waals surface area contributed by atoms with Crippen molar-refractivity contribution in [2.45, 2.75) is 25.2 Å². The monoisotopic (exact) mass is 502 g/mol. The molecule has 2 amide bonds. The summed E-state index contributed by atoms with van der Waals surface area (Å²) in [4.78, 5) is 25.9. The Morgan fingerprint density at radius 3 is 2.26 bits per heavy atom. The highest BCUT2D eigenvalue weighted by molar-refractivity contribution is 6.03. The fraction of sp³-hybridized carbons (Fsp3) is 0.167. The van der Waals surface area contributed by atoms with Crippen molar-refractivity contribution in [1.82, 2.24) is 25.6 Å². The number of nitrogens with one attached hydrogen (secondary N) is 2. The molecule has 1 aliphatic carbocycles. The fourth-order valence-electron chi connectivity index (χ4n) is 4.55. The number of nitrogens with zero attached hydrogens (tertiary/aromatic N) is 4. The van der Waals surface area contributed by atoms with Crippen LogP contribution in [0.25, 0.3) is 22.9 Å². The molecular weight excluding hydrogens is 476 g/mol. The van der Waals surface area contributed by atoms with Crippen LogP contribution in [0.1, 0.15) is 35.2 Å². The van der Waals surface area contributed by atoms with Crippen molar-refractivity contribution in [2.24, 2.45) is 0 Å². The second-order valence-corrected chi connectivity index (χ2v) is 9.31. The van der Waals surface area contributed by atoms with Crippen LogP contribution in [0, 0.1) is 18.3 Å². The van der Waals surface area contributed by atoms with E-state index in [9.17, 15) is 9.59 Å². The number of likely N-dealkylation sites (N-methyl/N-ethyl adjacent to an activating group) is 1. The van der Waals surface area contributed by atoms with Gasteiger partial charge in [-0.1, -0.05) is 53.7 Å². The molecule has 0 unspecified atom stereocenters. The van der Waals surface area contributed by atoms with Gasteiger partial charge in [-0.25, -0.2) is 4.68 Å². The number of nitriles is 1. The number of amides is 2. The summed E-state index contributed by atoms with van der Waals surface area (Å²) in [6.45, 7) is 1.99. The molecule has 3 aromatic carbocycles. The number of carbonyl (C=O) groups excluding carboxylic acids is 2. The molecule has 0 aliphatic heterocycles. The zero-order chi connectivity index (χ0) is 26.7. The molecule has 1 heterocycles. The third-order valence-electron chi connectivity index (χ3n) is 6.85. The Morgan fingerprint density at radius 1 is 1.00 bits per heavy atom. The van der Waals surface area contributed by atoms with E-state index in [-0.39, 0.29) is 11.6 Å². The van der Waals surface area contributed by atoms with Gasteiger partial charge in [0.15, 0.2) is 0 Å². The van der Waals surface area contributed by atoms with Crippen LogP contribution in [0.5, 0.6) is 0 Å². The predicted molar refractivity (Wildman–Crippen MR) is 144 cm³/mol. The average molecular weight is 503 g/mol. The number of aryl methyl sites for hydroxylation is 1. The molecule has 1 saturated carbocycles. The topological polar surface area (TPSA) is 113 Å². The average Bonchev–Trinajstić information content (AvgIpc) is 3.64. The molecule has 1 fully saturated rings. The molecule has 5 rings (SSSR count). The van der Waals surface area contributed by atoms with Crippen molar-refractivity contribution in [3.8, 4) is 22.9 Å². The Bertz CT molecular complexity index is 1570. The smallest absolute Gasteiger partial charge is 0.267 e. The van der Waals surface area contributed by atoms with Gasteiger partial charge in [-0.2, -0.15) is 5.26 Å². The van der Waals surface area contributed by atoms with Crippen LogP contribution in [-0.4, -0.2) is 33.9 Å². The Balaban J connectivity index is 1.35. The highest BCUT2D eigenvalue weighted by atomic mass is 16.2. The second kappa shape index (κ2) is 10.1. The van der Waals surface area contributed by atoms with Gasteiger partial charge in [-0.15, -0.1) is 5.10 Å². The first-order valence-electron chi connectivity index (χ1n) is 12.3. The maximum Gasteiger partial charge on any atom is 0.267 e. The van der Waals surface area contributed by atoms with Crippen LogP contribution in [-0.2, 0) is 15.0 Å². The standard InChI is InChI=1S/C30H26N6O2/c1-20-5-3-4-6-26(20)30(15-16-30)29(38)33-27(28(37)32-2)17-24-19-36(35-34-24)25-13-11-23(12-14-25)22-9-7-21(18-31)8-10-22/h3-14,17,19H,15-16H2,1-2H3,(H,32,37)(H,33,38)/b27-17+. The van der Waals surface area contributed by atoms with E-state index in [1.165, 1.54) is 13.1 Å². The minimum Gasteiger partial charge on any atom is -0.354 e. The quantitative estimate of drug-likeness (QED) is 0.370. The molecule has 38 heavy (non-hydrogen) atoms. The Kier molecular flexibility index (Phi) is 6.58. The third-order valence-corrected chi connectivity index (χ3v) is 6.85. The van der Waals surface area contributed by atoms with Gasteiger partial charge < -0.3 is 10.6 Å². The summed E-state index contributed by atoms with van der Waals surface area (Å²) in [6, 6.07) is 25.1. The summed E-state index contributed by atoms with van der Waals surface area (Å²) < 4.78 is 1.60. The van der Waals surface area contributed by atoms with Crippen LogP contribution < -0.4 is 10.6 Å². The van der Waals surface area contributed by atoms with E-state index >= 15 is 0 Å². The Morgan fingerprint density at radius 2 is 1.66 bits per heavy atom. The molecule has 8 nitrogen and oxygen atoms in total. The van der Waals surface area contributed by atoms with Gasteiger partial charge in [-0.05, 0) is 72.4 Å². The van der Waals surface area contributed by atoms with E-state index in [0.29, 0.717) is 11.3 Å². The van der Waals surface area contributed by atoms with Gasteiger partial charge >= 0.3 is 0 Å². The minimum atomic E-state index is -0.618. The number of rotatable bonds is 7. The number of hydrogen-bond acceptors (Lipinski definition) is 5. The maximum atomic E-state index is 13.3. The Labute approximate surface area is 220 Å². The minimum absolute atomic E-state index is 0.112. The molecule has 0 atom stereocenters. The van der Waals surface area contributed by atoms with E-state index in [4.69, 9.17) is 5.26 Å². The molecule has 4 aromatic rings. The van der Waals surface area contributed by atoms with E-state index < -0.39 is 11.3 Å². The van der Waals surface area contributed by atoms with Crippen molar-refractivity contribution < 1.29 is 9.59 Å². The SMILES string of the molecule is CNC(=O)/C(=C\c1cn(-c2ccc(-c3ccc(C#N)cc3)cc2)nn1)NC(=O)C1(c2ccccc2C)CC1. The maximum absolute atomic E-state index is 13.3. The Hall–Kier alpha value is -5.03. The lowest BCUT2D eigenvalue weighted by Crippen LogP contribution is -2.39. The summed E-state index contributed by atoms with van der Waals surface area (Å²) in [7, 11) is 1.52. The van der Waals surface area contributed by atoms with Crippen molar-refractivity contribution in [1.29, 1.82) is 5.26 Å². The van der Waals surface area contributed by atoms with E-state index in [0.717, 1.165) is 40.8 Å². The zero-order valence-corrected chi connectivity index (χ0v) is 21.1. The molecule has 0 saturated heterocycles. The predicted octanol–water partition coefficient (Wildman–Crippen LogP) is 4.05. The van der Waals surface area contributed by atoms with E-state index in [1.807, 2.05) is 67.6 Å². The summed E-state index contributed by atoms with van der Waals surface area (Å²) in [5, 5.41) is 22.8. The third kappa shape index (κ3) is 4.82. The van der Waals surface area contributed by atoms with Gasteiger partial charge in [-0.3, -0.25) is 9.59 Å². The number of carbonyl (C=O) groups is 2. The molecule has 1 aromatic heterocycles. The molecule has 2 N–H and O–H groups in total. The molecule has 1 aliphatic rings. The summed E-state index contributed by atoms with van der Waals surface area (Å²) in [6.07, 6.45) is 4.69. The lowest BCUT2D eigenvalue weighted by molar-refractivity contribution is -0.125. The first-order chi connectivity index (χ1) is 18.4. The van der Waals surface area contributed by atoms with Crippen LogP contribution in [0.2, 0.25) is 0 Å². The fourth-order valence-corrected chi connectivity index (χ4v) is 4.55. The van der Waals surface area contributed by atoms with Crippen LogP contribution in [0.3, 0.4) is 0 Å². The lowest BCUT2D eigenvalue weighted by Gasteiger charge is -2.18. The second-order valence-electron chi connectivity index (χ2n) is 9.31. The van der Waals surface area contributed by atoms with Crippen molar-refractivity contribution >= 4 is 17.9 Å². The summed E-state index contributed by atoms with van der Waals surface area (Å²) in [5.74, 6) is -0.618. The molecular formula is C30H26N6O2. The first-order valence-corrected chi connectivity index (χ1v) is 12.3. The molecule has 0 spiro atoms. The molecule has 0 radical (unpaired) electrons. The summed E-state index contributed by atoms with van der Waals surface area (Å²) in [5.41, 5.74) is 5.38. The van der Waals surface area contributed by atoms with Gasteiger partial charge in [0.05, 0.1) is 28.9 Å².